The van der Waals surface area contributed by atoms with Crippen molar-refractivity contribution in [1.82, 2.24) is 14.9 Å². The number of amides is 1. The lowest BCUT2D eigenvalue weighted by molar-refractivity contribution is -0.122. The van der Waals surface area contributed by atoms with Gasteiger partial charge in [0.05, 0.1) is 35.7 Å². The predicted octanol–water partition coefficient (Wildman–Crippen LogP) is 3.28. The Hall–Kier alpha value is -3.07. The number of nitrogens with one attached hydrogen (secondary N) is 1. The van der Waals surface area contributed by atoms with Gasteiger partial charge >= 0.3 is 0 Å². The molecular weight excluding hydrogens is 445 g/mol. The number of imidazole rings is 1. The average Bonchev–Trinajstić information content (AvgIpc) is 3.17. The molecule has 0 aliphatic rings. The minimum Gasteiger partial charge on any atom is -0.349 e. The third-order valence-electron chi connectivity index (χ3n) is 5.32. The van der Waals surface area contributed by atoms with Gasteiger partial charge in [-0.25, -0.2) is 9.37 Å². The van der Waals surface area contributed by atoms with E-state index in [2.05, 4.69) is 10.3 Å². The van der Waals surface area contributed by atoms with Gasteiger partial charge in [-0.3, -0.25) is 14.2 Å². The molecule has 0 aliphatic carbocycles. The van der Waals surface area contributed by atoms with Crippen LogP contribution in [-0.2, 0) is 11.3 Å². The van der Waals surface area contributed by atoms with Crippen LogP contribution >= 0.6 is 11.6 Å². The number of ketones is 1. The Morgan fingerprint density at radius 1 is 1.18 bits per heavy atom. The molecular formula is C24H27ClFN5O2. The number of hydrogen-bond acceptors (Lipinski definition) is 5. The maximum Gasteiger partial charge on any atom is 0.237 e. The Balaban J connectivity index is 1.89. The summed E-state index contributed by atoms with van der Waals surface area (Å²) in [5.74, 6) is -0.810. The van der Waals surface area contributed by atoms with Crippen molar-refractivity contribution in [2.75, 3.05) is 6.54 Å². The first-order chi connectivity index (χ1) is 15.8. The molecule has 1 atom stereocenters. The van der Waals surface area contributed by atoms with Crippen LogP contribution in [0.15, 0.2) is 48.7 Å². The van der Waals surface area contributed by atoms with E-state index in [4.69, 9.17) is 23.1 Å². The zero-order valence-corrected chi connectivity index (χ0v) is 19.1. The van der Waals surface area contributed by atoms with Crippen molar-refractivity contribution in [2.45, 2.75) is 38.8 Å². The first kappa shape index (κ1) is 24.6. The van der Waals surface area contributed by atoms with Gasteiger partial charge in [0.2, 0.25) is 5.91 Å². The highest BCUT2D eigenvalue weighted by Crippen LogP contribution is 2.26. The minimum atomic E-state index is -0.636. The lowest BCUT2D eigenvalue weighted by Crippen LogP contribution is -2.40. The Morgan fingerprint density at radius 2 is 1.94 bits per heavy atom. The maximum absolute atomic E-state index is 14.3. The molecule has 5 N–H and O–H groups in total. The molecule has 9 heteroatoms. The maximum atomic E-state index is 14.3. The molecule has 7 nitrogen and oxygen atoms in total. The van der Waals surface area contributed by atoms with Crippen molar-refractivity contribution < 1.29 is 14.0 Å². The molecule has 1 amide bonds. The molecule has 0 saturated heterocycles. The topological polar surface area (TPSA) is 116 Å². The SMILES string of the molecule is Cc1ncc(CNC(=O)[C@@H](N)CCCCN)n1-c1ccc(Cl)cc1C(=O)c1ccccc1F. The van der Waals surface area contributed by atoms with Crippen molar-refractivity contribution in [2.24, 2.45) is 11.5 Å². The van der Waals surface area contributed by atoms with Crippen molar-refractivity contribution in [3.05, 3.63) is 82.1 Å². The fraction of sp³-hybridized carbons (Fsp3) is 0.292. The van der Waals surface area contributed by atoms with Gasteiger partial charge in [-0.2, -0.15) is 0 Å². The van der Waals surface area contributed by atoms with E-state index in [0.29, 0.717) is 35.2 Å². The van der Waals surface area contributed by atoms with E-state index in [1.807, 2.05) is 0 Å². The van der Waals surface area contributed by atoms with Gasteiger partial charge in [-0.1, -0.05) is 30.2 Å². The molecule has 0 radical (unpaired) electrons. The number of halogens is 2. The van der Waals surface area contributed by atoms with E-state index in [-0.39, 0.29) is 23.6 Å². The van der Waals surface area contributed by atoms with Crippen LogP contribution in [0.3, 0.4) is 0 Å². The highest BCUT2D eigenvalue weighted by Gasteiger charge is 2.21. The van der Waals surface area contributed by atoms with Crippen LogP contribution < -0.4 is 16.8 Å². The van der Waals surface area contributed by atoms with E-state index < -0.39 is 17.6 Å². The minimum absolute atomic E-state index is 0.0582. The van der Waals surface area contributed by atoms with E-state index in [1.165, 1.54) is 24.3 Å². The molecule has 33 heavy (non-hydrogen) atoms. The van der Waals surface area contributed by atoms with Gasteiger partial charge in [0, 0.05) is 10.6 Å². The second-order valence-electron chi connectivity index (χ2n) is 7.71. The van der Waals surface area contributed by atoms with E-state index in [0.717, 1.165) is 12.8 Å². The normalized spacial score (nSPS) is 11.9. The van der Waals surface area contributed by atoms with Gasteiger partial charge in [0.25, 0.3) is 0 Å². The summed E-state index contributed by atoms with van der Waals surface area (Å²) >= 11 is 6.17. The van der Waals surface area contributed by atoms with Crippen LogP contribution in [-0.4, -0.2) is 33.8 Å². The predicted molar refractivity (Wildman–Crippen MR) is 126 cm³/mol. The number of nitrogens with two attached hydrogens (primary N) is 2. The van der Waals surface area contributed by atoms with E-state index >= 15 is 0 Å². The van der Waals surface area contributed by atoms with Gasteiger partial charge in [-0.15, -0.1) is 0 Å². The standard InChI is InChI=1S/C24H27ClFN5O2/c1-15-29-13-17(14-30-24(33)21(28)8-4-5-11-27)31(15)22-10-9-16(25)12-19(22)23(32)18-6-2-3-7-20(18)26/h2-3,6-7,9-10,12-13,21H,4-5,8,11,14,27-28H2,1H3,(H,30,33)/t21-/m0/s1. The average molecular weight is 472 g/mol. The molecule has 174 valence electrons. The second-order valence-corrected chi connectivity index (χ2v) is 8.15. The summed E-state index contributed by atoms with van der Waals surface area (Å²) in [7, 11) is 0. The van der Waals surface area contributed by atoms with Gasteiger partial charge in [0.1, 0.15) is 11.6 Å². The summed E-state index contributed by atoms with van der Waals surface area (Å²) in [5, 5.41) is 3.17. The zero-order chi connectivity index (χ0) is 24.0. The van der Waals surface area contributed by atoms with Crippen molar-refractivity contribution >= 4 is 23.3 Å². The molecule has 3 rings (SSSR count). The fourth-order valence-corrected chi connectivity index (χ4v) is 3.74. The zero-order valence-electron chi connectivity index (χ0n) is 18.4. The lowest BCUT2D eigenvalue weighted by atomic mass is 10.0. The third kappa shape index (κ3) is 5.84. The van der Waals surface area contributed by atoms with Crippen molar-refractivity contribution in [3.8, 4) is 5.69 Å². The molecule has 2 aromatic carbocycles. The van der Waals surface area contributed by atoms with Crippen LogP contribution in [0, 0.1) is 12.7 Å². The quantitative estimate of drug-likeness (QED) is 0.310. The van der Waals surface area contributed by atoms with Crippen molar-refractivity contribution in [3.63, 3.8) is 0 Å². The molecule has 0 bridgehead atoms. The van der Waals surface area contributed by atoms with E-state index in [9.17, 15) is 14.0 Å². The molecule has 0 fully saturated rings. The molecule has 3 aromatic rings. The van der Waals surface area contributed by atoms with Crippen LogP contribution in [0.5, 0.6) is 0 Å². The van der Waals surface area contributed by atoms with Crippen LogP contribution in [0.25, 0.3) is 5.69 Å². The Morgan fingerprint density at radius 3 is 2.67 bits per heavy atom. The fourth-order valence-electron chi connectivity index (χ4n) is 3.57. The Kier molecular flexibility index (Phi) is 8.32. The van der Waals surface area contributed by atoms with Crippen LogP contribution in [0.1, 0.15) is 46.7 Å². The van der Waals surface area contributed by atoms with E-state index in [1.54, 1.807) is 35.9 Å². The molecule has 0 aliphatic heterocycles. The highest BCUT2D eigenvalue weighted by atomic mass is 35.5. The first-order valence-electron chi connectivity index (χ1n) is 10.7. The highest BCUT2D eigenvalue weighted by molar-refractivity contribution is 6.31. The van der Waals surface area contributed by atoms with Gasteiger partial charge < -0.3 is 16.8 Å². The number of carbonyl (C=O) groups excluding carboxylic acids is 2. The Bertz CT molecular complexity index is 1150. The molecule has 1 heterocycles. The monoisotopic (exact) mass is 471 g/mol. The van der Waals surface area contributed by atoms with Gasteiger partial charge in [0.15, 0.2) is 5.78 Å². The lowest BCUT2D eigenvalue weighted by Gasteiger charge is -2.17. The third-order valence-corrected chi connectivity index (χ3v) is 5.56. The summed E-state index contributed by atoms with van der Waals surface area (Å²) in [6.45, 7) is 2.48. The molecule has 0 unspecified atom stereocenters. The summed E-state index contributed by atoms with van der Waals surface area (Å²) in [4.78, 5) is 29.9. The number of carbonyl (C=O) groups is 2. The number of unbranched alkanes of at least 4 members (excludes halogenated alkanes) is 1. The van der Waals surface area contributed by atoms with Crippen LogP contribution in [0.2, 0.25) is 5.02 Å². The number of hydrogen-bond donors (Lipinski definition) is 3. The number of rotatable bonds is 10. The van der Waals surface area contributed by atoms with Crippen LogP contribution in [0.4, 0.5) is 4.39 Å². The second kappa shape index (κ2) is 11.2. The molecule has 0 saturated carbocycles. The summed E-state index contributed by atoms with van der Waals surface area (Å²) < 4.78 is 16.1. The molecule has 1 aromatic heterocycles. The molecule has 0 spiro atoms. The first-order valence-corrected chi connectivity index (χ1v) is 11.1. The van der Waals surface area contributed by atoms with Gasteiger partial charge in [-0.05, 0) is 56.6 Å². The largest absolute Gasteiger partial charge is 0.349 e. The number of aromatic nitrogens is 2. The number of nitrogens with zero attached hydrogens (tertiary/aromatic N) is 2. The summed E-state index contributed by atoms with van der Waals surface area (Å²) in [6.07, 6.45) is 3.73. The summed E-state index contributed by atoms with van der Waals surface area (Å²) in [5.41, 5.74) is 12.7. The number of benzene rings is 2. The number of aryl methyl sites for hydroxylation is 1. The smallest absolute Gasteiger partial charge is 0.237 e. The van der Waals surface area contributed by atoms with Crippen molar-refractivity contribution in [1.29, 1.82) is 0 Å². The summed E-state index contributed by atoms with van der Waals surface area (Å²) in [6, 6.07) is 9.96. The Labute approximate surface area is 196 Å².